The molecule has 18 heavy (non-hydrogen) atoms. The molecule has 0 aliphatic carbocycles. The van der Waals surface area contributed by atoms with Crippen molar-refractivity contribution >= 4 is 11.8 Å². The van der Waals surface area contributed by atoms with Crippen molar-refractivity contribution in [1.29, 1.82) is 0 Å². The number of nitrogens with zero attached hydrogens (tertiary/aromatic N) is 1. The quantitative estimate of drug-likeness (QED) is 0.875. The first-order valence-electron chi connectivity index (χ1n) is 5.25. The summed E-state index contributed by atoms with van der Waals surface area (Å²) in [6, 6.07) is 3.30. The first-order chi connectivity index (χ1) is 8.19. The Bertz CT molecular complexity index is 448. The molecule has 0 saturated heterocycles. The van der Waals surface area contributed by atoms with Crippen LogP contribution in [0.3, 0.4) is 0 Å². The molecule has 0 aliphatic rings. The van der Waals surface area contributed by atoms with Gasteiger partial charge in [0.1, 0.15) is 17.1 Å². The van der Waals surface area contributed by atoms with Gasteiger partial charge in [-0.15, -0.1) is 0 Å². The van der Waals surface area contributed by atoms with E-state index in [1.165, 1.54) is 19.1 Å². The highest BCUT2D eigenvalue weighted by Crippen LogP contribution is 2.28. The number of carboxylic acids is 1. The topological polar surface area (TPSA) is 62.2 Å². The van der Waals surface area contributed by atoms with E-state index in [-0.39, 0.29) is 12.2 Å². The van der Waals surface area contributed by atoms with Crippen LogP contribution in [0, 0.1) is 0 Å². The second kappa shape index (κ2) is 4.83. The lowest BCUT2D eigenvalue weighted by molar-refractivity contribution is -0.141. The van der Waals surface area contributed by atoms with E-state index in [2.05, 4.69) is 10.3 Å². The van der Waals surface area contributed by atoms with E-state index in [1.54, 1.807) is 6.92 Å². The molecular weight excluding hydrogens is 249 g/mol. The summed E-state index contributed by atoms with van der Waals surface area (Å²) in [5.41, 5.74) is -2.41. The summed E-state index contributed by atoms with van der Waals surface area (Å²) >= 11 is 0. The van der Waals surface area contributed by atoms with Crippen LogP contribution in [0.4, 0.5) is 19.0 Å². The van der Waals surface area contributed by atoms with Gasteiger partial charge in [0.25, 0.3) is 0 Å². The predicted octanol–water partition coefficient (Wildman–Crippen LogP) is 2.77. The number of hydrogen-bond acceptors (Lipinski definition) is 3. The van der Waals surface area contributed by atoms with E-state index in [9.17, 15) is 18.0 Å². The van der Waals surface area contributed by atoms with Crippen LogP contribution >= 0.6 is 0 Å². The summed E-state index contributed by atoms with van der Waals surface area (Å²) < 4.78 is 37.3. The zero-order valence-corrected chi connectivity index (χ0v) is 9.88. The maximum absolute atomic E-state index is 12.4. The van der Waals surface area contributed by atoms with Crippen LogP contribution in [0.2, 0.25) is 0 Å². The second-order valence-corrected chi connectivity index (χ2v) is 4.02. The number of nitrogens with one attached hydrogen (secondary N) is 1. The van der Waals surface area contributed by atoms with Crippen molar-refractivity contribution in [3.63, 3.8) is 0 Å². The average molecular weight is 262 g/mol. The van der Waals surface area contributed by atoms with Crippen molar-refractivity contribution in [1.82, 2.24) is 4.98 Å². The highest BCUT2D eigenvalue weighted by Gasteiger charge is 2.34. The molecule has 1 rings (SSSR count). The molecule has 0 bridgehead atoms. The predicted molar refractivity (Wildman–Crippen MR) is 59.2 cm³/mol. The summed E-state index contributed by atoms with van der Waals surface area (Å²) in [4.78, 5) is 14.4. The average Bonchev–Trinajstić information content (AvgIpc) is 2.28. The van der Waals surface area contributed by atoms with E-state index in [0.717, 1.165) is 6.07 Å². The van der Waals surface area contributed by atoms with Crippen LogP contribution in [0.1, 0.15) is 26.0 Å². The molecule has 0 saturated carbocycles. The van der Waals surface area contributed by atoms with Gasteiger partial charge < -0.3 is 10.4 Å². The van der Waals surface area contributed by atoms with Gasteiger partial charge in [0.2, 0.25) is 0 Å². The van der Waals surface area contributed by atoms with Gasteiger partial charge in [-0.05, 0) is 25.5 Å². The molecule has 0 aliphatic heterocycles. The Morgan fingerprint density at radius 2 is 2.06 bits per heavy atom. The summed E-state index contributed by atoms with van der Waals surface area (Å²) in [5.74, 6) is -1.26. The van der Waals surface area contributed by atoms with Crippen molar-refractivity contribution in [2.24, 2.45) is 0 Å². The van der Waals surface area contributed by atoms with E-state index in [4.69, 9.17) is 5.11 Å². The smallest absolute Gasteiger partial charge is 0.433 e. The Kier molecular flexibility index (Phi) is 3.83. The second-order valence-electron chi connectivity index (χ2n) is 4.02. The summed E-state index contributed by atoms with van der Waals surface area (Å²) in [7, 11) is 0. The SMILES string of the molecule is CCC(C)(Nc1cccc(C(F)(F)F)n1)C(=O)O. The number of rotatable bonds is 4. The Hall–Kier alpha value is -1.79. The van der Waals surface area contributed by atoms with E-state index in [0.29, 0.717) is 0 Å². The minimum atomic E-state index is -4.55. The third kappa shape index (κ3) is 3.12. The van der Waals surface area contributed by atoms with Crippen LogP contribution in [-0.2, 0) is 11.0 Å². The Balaban J connectivity index is 3.02. The Labute approximate surface area is 102 Å². The number of anilines is 1. The normalized spacial score (nSPS) is 14.9. The molecule has 1 atom stereocenters. The molecule has 0 fully saturated rings. The van der Waals surface area contributed by atoms with Gasteiger partial charge in [-0.25, -0.2) is 9.78 Å². The maximum atomic E-state index is 12.4. The van der Waals surface area contributed by atoms with Crippen LogP contribution in [-0.4, -0.2) is 21.6 Å². The molecule has 1 aromatic heterocycles. The van der Waals surface area contributed by atoms with Crippen molar-refractivity contribution in [2.45, 2.75) is 32.0 Å². The van der Waals surface area contributed by atoms with Gasteiger partial charge in [0.15, 0.2) is 0 Å². The zero-order chi connectivity index (χ0) is 14.0. The Morgan fingerprint density at radius 1 is 1.44 bits per heavy atom. The number of carbonyl (C=O) groups is 1. The molecular formula is C11H13F3N2O2. The maximum Gasteiger partial charge on any atom is 0.433 e. The van der Waals surface area contributed by atoms with E-state index >= 15 is 0 Å². The van der Waals surface area contributed by atoms with Crippen LogP contribution in [0.15, 0.2) is 18.2 Å². The highest BCUT2D eigenvalue weighted by atomic mass is 19.4. The number of carboxylic acid groups (broad SMARTS) is 1. The van der Waals surface area contributed by atoms with Crippen LogP contribution in [0.5, 0.6) is 0 Å². The fourth-order valence-corrected chi connectivity index (χ4v) is 1.24. The van der Waals surface area contributed by atoms with Crippen molar-refractivity contribution in [3.05, 3.63) is 23.9 Å². The lowest BCUT2D eigenvalue weighted by Crippen LogP contribution is -2.43. The first-order valence-corrected chi connectivity index (χ1v) is 5.25. The van der Waals surface area contributed by atoms with Gasteiger partial charge in [0, 0.05) is 0 Å². The molecule has 1 unspecified atom stereocenters. The molecule has 4 nitrogen and oxygen atoms in total. The van der Waals surface area contributed by atoms with Gasteiger partial charge in [-0.3, -0.25) is 0 Å². The fourth-order valence-electron chi connectivity index (χ4n) is 1.24. The molecule has 1 heterocycles. The molecule has 2 N–H and O–H groups in total. The monoisotopic (exact) mass is 262 g/mol. The molecule has 0 spiro atoms. The summed E-state index contributed by atoms with van der Waals surface area (Å²) in [6.07, 6.45) is -4.34. The third-order valence-corrected chi connectivity index (χ3v) is 2.62. The lowest BCUT2D eigenvalue weighted by atomic mass is 9.99. The molecule has 1 aromatic rings. The molecule has 0 aromatic carbocycles. The Morgan fingerprint density at radius 3 is 2.50 bits per heavy atom. The van der Waals surface area contributed by atoms with Crippen molar-refractivity contribution in [3.8, 4) is 0 Å². The van der Waals surface area contributed by atoms with Gasteiger partial charge in [-0.1, -0.05) is 13.0 Å². The van der Waals surface area contributed by atoms with Crippen LogP contribution in [0.25, 0.3) is 0 Å². The van der Waals surface area contributed by atoms with Gasteiger partial charge in [0.05, 0.1) is 0 Å². The number of hydrogen-bond donors (Lipinski definition) is 2. The van der Waals surface area contributed by atoms with Crippen molar-refractivity contribution in [2.75, 3.05) is 5.32 Å². The van der Waals surface area contributed by atoms with Crippen LogP contribution < -0.4 is 5.32 Å². The first kappa shape index (κ1) is 14.3. The molecule has 100 valence electrons. The fraction of sp³-hybridized carbons (Fsp3) is 0.455. The summed E-state index contributed by atoms with van der Waals surface area (Å²) in [6.45, 7) is 3.01. The number of aliphatic carboxylic acids is 1. The highest BCUT2D eigenvalue weighted by molar-refractivity contribution is 5.81. The van der Waals surface area contributed by atoms with Gasteiger partial charge >= 0.3 is 12.1 Å². The van der Waals surface area contributed by atoms with Crippen molar-refractivity contribution < 1.29 is 23.1 Å². The lowest BCUT2D eigenvalue weighted by Gasteiger charge is -2.25. The van der Waals surface area contributed by atoms with E-state index < -0.39 is 23.4 Å². The largest absolute Gasteiger partial charge is 0.480 e. The number of halogens is 3. The molecule has 7 heteroatoms. The molecule has 0 radical (unpaired) electrons. The summed E-state index contributed by atoms with van der Waals surface area (Å²) in [5, 5.41) is 11.5. The minimum Gasteiger partial charge on any atom is -0.480 e. The number of aromatic nitrogens is 1. The minimum absolute atomic E-state index is 0.114. The third-order valence-electron chi connectivity index (χ3n) is 2.62. The number of alkyl halides is 3. The number of pyridine rings is 1. The molecule has 0 amide bonds. The van der Waals surface area contributed by atoms with Gasteiger partial charge in [-0.2, -0.15) is 13.2 Å². The zero-order valence-electron chi connectivity index (χ0n) is 9.88. The standard InChI is InChI=1S/C11H13F3N2O2/c1-3-10(2,9(17)18)16-8-6-4-5-7(15-8)11(12,13)14/h4-6H,3H2,1-2H3,(H,15,16)(H,17,18). The van der Waals surface area contributed by atoms with E-state index in [1.807, 2.05) is 0 Å².